The Balaban J connectivity index is 1.53. The summed E-state index contributed by atoms with van der Waals surface area (Å²) in [6, 6.07) is 18.7. The molecule has 4 rings (SSSR count). The van der Waals surface area contributed by atoms with Crippen molar-refractivity contribution in [2.24, 2.45) is 5.92 Å². The van der Waals surface area contributed by atoms with E-state index in [0.29, 0.717) is 30.1 Å². The Bertz CT molecular complexity index is 1110. The summed E-state index contributed by atoms with van der Waals surface area (Å²) in [5.74, 6) is 0.923. The van der Waals surface area contributed by atoms with Crippen LogP contribution >= 0.6 is 0 Å². The summed E-state index contributed by atoms with van der Waals surface area (Å²) in [5, 5.41) is 4.71. The first kappa shape index (κ1) is 20.7. The third kappa shape index (κ3) is 4.19. The smallest absolute Gasteiger partial charge is 0.254 e. The highest BCUT2D eigenvalue weighted by molar-refractivity contribution is 6.08. The second-order valence-corrected chi connectivity index (χ2v) is 7.64. The Morgan fingerprint density at radius 2 is 1.61 bits per heavy atom. The summed E-state index contributed by atoms with van der Waals surface area (Å²) < 4.78 is 10.8. The molecule has 0 bridgehead atoms. The van der Waals surface area contributed by atoms with Gasteiger partial charge in [0.25, 0.3) is 5.91 Å². The summed E-state index contributed by atoms with van der Waals surface area (Å²) >= 11 is 0. The minimum atomic E-state index is -0.271. The van der Waals surface area contributed by atoms with Crippen molar-refractivity contribution in [2.75, 3.05) is 32.6 Å². The summed E-state index contributed by atoms with van der Waals surface area (Å²) in [4.78, 5) is 28.1. The highest BCUT2D eigenvalue weighted by Gasteiger charge is 2.30. The van der Waals surface area contributed by atoms with Crippen LogP contribution in [0.1, 0.15) is 23.2 Å². The SMILES string of the molecule is COc1ccccc1NC(=O)C1CCCN(C(=O)c2ccc(OC)c3ccccc23)C1. The number of nitrogens with one attached hydrogen (secondary N) is 1. The topological polar surface area (TPSA) is 67.9 Å². The van der Waals surface area contributed by atoms with Crippen LogP contribution in [-0.4, -0.2) is 44.0 Å². The second-order valence-electron chi connectivity index (χ2n) is 7.64. The van der Waals surface area contributed by atoms with E-state index in [1.165, 1.54) is 0 Å². The molecule has 160 valence electrons. The second kappa shape index (κ2) is 9.08. The molecule has 31 heavy (non-hydrogen) atoms. The Morgan fingerprint density at radius 3 is 2.39 bits per heavy atom. The van der Waals surface area contributed by atoms with Gasteiger partial charge in [-0.15, -0.1) is 0 Å². The van der Waals surface area contributed by atoms with Crippen LogP contribution in [0.5, 0.6) is 11.5 Å². The zero-order chi connectivity index (χ0) is 21.8. The van der Waals surface area contributed by atoms with Gasteiger partial charge in [-0.1, -0.05) is 36.4 Å². The van der Waals surface area contributed by atoms with Crippen LogP contribution in [0, 0.1) is 5.92 Å². The highest BCUT2D eigenvalue weighted by Crippen LogP contribution is 2.30. The standard InChI is InChI=1S/C25H26N2O4/c1-30-22-14-13-20(18-9-3-4-10-19(18)22)25(29)27-15-7-8-17(16-27)24(28)26-21-11-5-6-12-23(21)31-2/h3-6,9-14,17H,7-8,15-16H2,1-2H3,(H,26,28). The van der Waals surface area contributed by atoms with E-state index in [2.05, 4.69) is 5.32 Å². The van der Waals surface area contributed by atoms with Gasteiger partial charge in [-0.3, -0.25) is 9.59 Å². The molecule has 0 radical (unpaired) electrons. The number of fused-ring (bicyclic) bond motifs is 1. The fraction of sp³-hybridized carbons (Fsp3) is 0.280. The Morgan fingerprint density at radius 1 is 0.903 bits per heavy atom. The number of ether oxygens (including phenoxy) is 2. The van der Waals surface area contributed by atoms with Gasteiger partial charge >= 0.3 is 0 Å². The average Bonchev–Trinajstić information content (AvgIpc) is 2.83. The van der Waals surface area contributed by atoms with E-state index in [-0.39, 0.29) is 17.7 Å². The Kier molecular flexibility index (Phi) is 6.07. The van der Waals surface area contributed by atoms with Gasteiger partial charge in [0.05, 0.1) is 25.8 Å². The predicted octanol–water partition coefficient (Wildman–Crippen LogP) is 4.35. The lowest BCUT2D eigenvalue weighted by Crippen LogP contribution is -2.43. The fourth-order valence-corrected chi connectivity index (χ4v) is 4.16. The molecule has 3 aromatic rings. The van der Waals surface area contributed by atoms with Crippen LogP contribution in [0.15, 0.2) is 60.7 Å². The number of carbonyl (C=O) groups excluding carboxylic acids is 2. The molecule has 1 atom stereocenters. The summed E-state index contributed by atoms with van der Waals surface area (Å²) in [6.45, 7) is 1.03. The lowest BCUT2D eigenvalue weighted by molar-refractivity contribution is -0.121. The number of likely N-dealkylation sites (tertiary alicyclic amines) is 1. The van der Waals surface area contributed by atoms with Crippen LogP contribution in [-0.2, 0) is 4.79 Å². The van der Waals surface area contributed by atoms with Gasteiger partial charge in [0.2, 0.25) is 5.91 Å². The normalized spacial score (nSPS) is 16.1. The molecule has 1 unspecified atom stereocenters. The number of anilines is 1. The van der Waals surface area contributed by atoms with Crippen molar-refractivity contribution in [3.05, 3.63) is 66.2 Å². The fourth-order valence-electron chi connectivity index (χ4n) is 4.16. The van der Waals surface area contributed by atoms with Crippen LogP contribution < -0.4 is 14.8 Å². The zero-order valence-corrected chi connectivity index (χ0v) is 17.8. The van der Waals surface area contributed by atoms with E-state index in [0.717, 1.165) is 29.4 Å². The van der Waals surface area contributed by atoms with Gasteiger partial charge in [0, 0.05) is 24.0 Å². The number of hydrogen-bond donors (Lipinski definition) is 1. The number of nitrogens with zero attached hydrogens (tertiary/aromatic N) is 1. The first-order chi connectivity index (χ1) is 15.1. The highest BCUT2D eigenvalue weighted by atomic mass is 16.5. The molecule has 1 aliphatic heterocycles. The lowest BCUT2D eigenvalue weighted by atomic mass is 9.95. The quantitative estimate of drug-likeness (QED) is 0.669. The van der Waals surface area contributed by atoms with Gasteiger partial charge in [-0.05, 0) is 42.5 Å². The van der Waals surface area contributed by atoms with Gasteiger partial charge in [0.15, 0.2) is 0 Å². The summed E-state index contributed by atoms with van der Waals surface area (Å²) in [6.07, 6.45) is 1.53. The number of methoxy groups -OCH3 is 2. The van der Waals surface area contributed by atoms with Crippen molar-refractivity contribution in [3.8, 4) is 11.5 Å². The molecule has 0 spiro atoms. The Hall–Kier alpha value is -3.54. The molecule has 1 saturated heterocycles. The molecular weight excluding hydrogens is 392 g/mol. The molecule has 0 saturated carbocycles. The number of hydrogen-bond acceptors (Lipinski definition) is 4. The van der Waals surface area contributed by atoms with Crippen molar-refractivity contribution >= 4 is 28.3 Å². The Labute approximate surface area is 181 Å². The minimum absolute atomic E-state index is 0.0614. The monoisotopic (exact) mass is 418 g/mol. The van der Waals surface area contributed by atoms with Crippen molar-refractivity contribution in [2.45, 2.75) is 12.8 Å². The van der Waals surface area contributed by atoms with Gasteiger partial charge < -0.3 is 19.7 Å². The lowest BCUT2D eigenvalue weighted by Gasteiger charge is -2.32. The molecule has 0 aromatic heterocycles. The summed E-state index contributed by atoms with van der Waals surface area (Å²) in [5.41, 5.74) is 1.27. The molecule has 6 nitrogen and oxygen atoms in total. The molecule has 0 aliphatic carbocycles. The number of para-hydroxylation sites is 2. The maximum absolute atomic E-state index is 13.4. The number of rotatable bonds is 5. The van der Waals surface area contributed by atoms with Crippen molar-refractivity contribution in [1.29, 1.82) is 0 Å². The van der Waals surface area contributed by atoms with Crippen molar-refractivity contribution in [1.82, 2.24) is 4.90 Å². The van der Waals surface area contributed by atoms with Crippen LogP contribution in [0.3, 0.4) is 0 Å². The van der Waals surface area contributed by atoms with Crippen molar-refractivity contribution < 1.29 is 19.1 Å². The van der Waals surface area contributed by atoms with Gasteiger partial charge in [-0.2, -0.15) is 0 Å². The van der Waals surface area contributed by atoms with Gasteiger partial charge in [-0.25, -0.2) is 0 Å². The van der Waals surface area contributed by atoms with E-state index in [9.17, 15) is 9.59 Å². The average molecular weight is 418 g/mol. The number of carbonyl (C=O) groups is 2. The number of amides is 2. The van der Waals surface area contributed by atoms with Crippen molar-refractivity contribution in [3.63, 3.8) is 0 Å². The maximum atomic E-state index is 13.4. The summed E-state index contributed by atoms with van der Waals surface area (Å²) in [7, 11) is 3.20. The first-order valence-electron chi connectivity index (χ1n) is 10.4. The number of benzene rings is 3. The molecule has 1 heterocycles. The third-order valence-corrected chi connectivity index (χ3v) is 5.78. The van der Waals surface area contributed by atoms with Crippen LogP contribution in [0.25, 0.3) is 10.8 Å². The van der Waals surface area contributed by atoms with Crippen LogP contribution in [0.2, 0.25) is 0 Å². The number of piperidine rings is 1. The molecule has 1 aliphatic rings. The third-order valence-electron chi connectivity index (χ3n) is 5.78. The van der Waals surface area contributed by atoms with E-state index in [1.807, 2.05) is 54.6 Å². The van der Waals surface area contributed by atoms with E-state index in [1.54, 1.807) is 25.2 Å². The van der Waals surface area contributed by atoms with E-state index >= 15 is 0 Å². The zero-order valence-electron chi connectivity index (χ0n) is 17.8. The predicted molar refractivity (Wildman–Crippen MR) is 121 cm³/mol. The molecule has 1 fully saturated rings. The van der Waals surface area contributed by atoms with Gasteiger partial charge in [0.1, 0.15) is 11.5 Å². The molecule has 2 amide bonds. The molecule has 3 aromatic carbocycles. The minimum Gasteiger partial charge on any atom is -0.496 e. The first-order valence-corrected chi connectivity index (χ1v) is 10.4. The largest absolute Gasteiger partial charge is 0.496 e. The van der Waals surface area contributed by atoms with E-state index in [4.69, 9.17) is 9.47 Å². The molecule has 6 heteroatoms. The molecule has 1 N–H and O–H groups in total. The van der Waals surface area contributed by atoms with Crippen LogP contribution in [0.4, 0.5) is 5.69 Å². The maximum Gasteiger partial charge on any atom is 0.254 e. The van der Waals surface area contributed by atoms with E-state index < -0.39 is 0 Å². The molecular formula is C25H26N2O4.